The van der Waals surface area contributed by atoms with E-state index in [9.17, 15) is 0 Å². The molecular formula is C12H25NO. The molecule has 2 atom stereocenters. The molecule has 0 aliphatic heterocycles. The first-order valence-electron chi connectivity index (χ1n) is 5.93. The highest BCUT2D eigenvalue weighted by atomic mass is 16.3. The molecule has 0 amide bonds. The lowest BCUT2D eigenvalue weighted by atomic mass is 9.93. The number of rotatable bonds is 5. The van der Waals surface area contributed by atoms with Crippen molar-refractivity contribution in [1.29, 1.82) is 0 Å². The van der Waals surface area contributed by atoms with Crippen molar-refractivity contribution >= 4 is 0 Å². The molecule has 2 heteroatoms. The molecule has 0 aromatic rings. The van der Waals surface area contributed by atoms with E-state index in [0.29, 0.717) is 6.04 Å². The van der Waals surface area contributed by atoms with Gasteiger partial charge in [0.1, 0.15) is 0 Å². The van der Waals surface area contributed by atoms with Crippen molar-refractivity contribution in [2.24, 2.45) is 11.3 Å². The Hall–Kier alpha value is -0.0800. The van der Waals surface area contributed by atoms with Crippen molar-refractivity contribution < 1.29 is 5.11 Å². The first-order chi connectivity index (χ1) is 6.59. The molecule has 2 nitrogen and oxygen atoms in total. The number of hydrogen-bond donors (Lipinski definition) is 2. The highest BCUT2D eigenvalue weighted by Gasteiger charge is 2.27. The van der Waals surface area contributed by atoms with Crippen molar-refractivity contribution in [3.05, 3.63) is 0 Å². The topological polar surface area (TPSA) is 32.3 Å². The van der Waals surface area contributed by atoms with E-state index in [4.69, 9.17) is 5.11 Å². The van der Waals surface area contributed by atoms with E-state index < -0.39 is 0 Å². The zero-order valence-electron chi connectivity index (χ0n) is 9.84. The first kappa shape index (κ1) is 12.0. The number of nitrogens with one attached hydrogen (secondary N) is 1. The third kappa shape index (κ3) is 3.25. The van der Waals surface area contributed by atoms with Crippen LogP contribution in [0.25, 0.3) is 0 Å². The van der Waals surface area contributed by atoms with Crippen molar-refractivity contribution in [2.75, 3.05) is 13.2 Å². The molecular weight excluding hydrogens is 174 g/mol. The minimum absolute atomic E-state index is 0.0287. The van der Waals surface area contributed by atoms with E-state index in [0.717, 1.165) is 12.5 Å². The molecule has 0 spiro atoms. The Morgan fingerprint density at radius 2 is 2.07 bits per heavy atom. The van der Waals surface area contributed by atoms with Crippen LogP contribution >= 0.6 is 0 Å². The van der Waals surface area contributed by atoms with Crippen LogP contribution in [0.2, 0.25) is 0 Å². The van der Waals surface area contributed by atoms with Gasteiger partial charge in [-0.05, 0) is 18.8 Å². The zero-order chi connectivity index (χ0) is 10.6. The van der Waals surface area contributed by atoms with Crippen LogP contribution in [0, 0.1) is 11.3 Å². The number of hydrogen-bond acceptors (Lipinski definition) is 2. The summed E-state index contributed by atoms with van der Waals surface area (Å²) in [6, 6.07) is 0.700. The summed E-state index contributed by atoms with van der Waals surface area (Å²) in [5, 5.41) is 12.8. The molecule has 0 bridgehead atoms. The standard InChI is InChI=1S/C12H25NO/c1-4-10-6-5-7-11(10)13-8-12(2,3)9-14/h10-11,13-14H,4-9H2,1-3H3. The molecule has 0 aromatic heterocycles. The van der Waals surface area contributed by atoms with Gasteiger partial charge in [-0.2, -0.15) is 0 Å². The Kier molecular flexibility index (Phi) is 4.39. The van der Waals surface area contributed by atoms with Gasteiger partial charge in [-0.1, -0.05) is 33.6 Å². The monoisotopic (exact) mass is 199 g/mol. The van der Waals surface area contributed by atoms with E-state index in [-0.39, 0.29) is 12.0 Å². The largest absolute Gasteiger partial charge is 0.396 e. The number of aliphatic hydroxyl groups excluding tert-OH is 1. The minimum Gasteiger partial charge on any atom is -0.396 e. The molecule has 1 aliphatic carbocycles. The second kappa shape index (κ2) is 5.13. The van der Waals surface area contributed by atoms with Gasteiger partial charge < -0.3 is 10.4 Å². The lowest BCUT2D eigenvalue weighted by Gasteiger charge is -2.27. The van der Waals surface area contributed by atoms with Crippen molar-refractivity contribution in [3.63, 3.8) is 0 Å². The van der Waals surface area contributed by atoms with Crippen molar-refractivity contribution in [1.82, 2.24) is 5.32 Å². The fraction of sp³-hybridized carbons (Fsp3) is 1.00. The van der Waals surface area contributed by atoms with E-state index in [1.165, 1.54) is 25.7 Å². The summed E-state index contributed by atoms with van der Waals surface area (Å²) in [6.45, 7) is 7.70. The highest BCUT2D eigenvalue weighted by Crippen LogP contribution is 2.28. The zero-order valence-corrected chi connectivity index (χ0v) is 9.84. The van der Waals surface area contributed by atoms with Crippen LogP contribution in [0.1, 0.15) is 46.5 Å². The van der Waals surface area contributed by atoms with Gasteiger partial charge in [-0.25, -0.2) is 0 Å². The van der Waals surface area contributed by atoms with E-state index in [1.54, 1.807) is 0 Å². The molecule has 1 fully saturated rings. The summed E-state index contributed by atoms with van der Waals surface area (Å²) in [4.78, 5) is 0. The maximum Gasteiger partial charge on any atom is 0.0494 e. The lowest BCUT2D eigenvalue weighted by molar-refractivity contribution is 0.150. The quantitative estimate of drug-likeness (QED) is 0.711. The Bertz CT molecular complexity index is 168. The summed E-state index contributed by atoms with van der Waals surface area (Å²) < 4.78 is 0. The summed E-state index contributed by atoms with van der Waals surface area (Å²) in [5.41, 5.74) is 0.0287. The molecule has 2 N–H and O–H groups in total. The van der Waals surface area contributed by atoms with Crippen LogP contribution in [-0.4, -0.2) is 24.3 Å². The lowest BCUT2D eigenvalue weighted by Crippen LogP contribution is -2.40. The van der Waals surface area contributed by atoms with Crippen LogP contribution < -0.4 is 5.32 Å². The third-order valence-corrected chi connectivity index (χ3v) is 3.45. The van der Waals surface area contributed by atoms with Crippen LogP contribution in [0.4, 0.5) is 0 Å². The van der Waals surface area contributed by atoms with E-state index in [1.807, 2.05) is 0 Å². The molecule has 84 valence electrons. The fourth-order valence-electron chi connectivity index (χ4n) is 2.26. The van der Waals surface area contributed by atoms with Crippen LogP contribution in [0.15, 0.2) is 0 Å². The van der Waals surface area contributed by atoms with Crippen LogP contribution in [0.3, 0.4) is 0 Å². The molecule has 0 aromatic carbocycles. The average molecular weight is 199 g/mol. The predicted molar refractivity (Wildman–Crippen MR) is 60.3 cm³/mol. The highest BCUT2D eigenvalue weighted by molar-refractivity contribution is 4.84. The summed E-state index contributed by atoms with van der Waals surface area (Å²) in [7, 11) is 0. The minimum atomic E-state index is 0.0287. The Labute approximate surface area is 88.1 Å². The van der Waals surface area contributed by atoms with Gasteiger partial charge in [0, 0.05) is 24.6 Å². The van der Waals surface area contributed by atoms with Gasteiger partial charge in [0.25, 0.3) is 0 Å². The molecule has 0 radical (unpaired) electrons. The van der Waals surface area contributed by atoms with E-state index >= 15 is 0 Å². The van der Waals surface area contributed by atoms with Gasteiger partial charge in [0.2, 0.25) is 0 Å². The Morgan fingerprint density at radius 1 is 1.36 bits per heavy atom. The predicted octanol–water partition coefficient (Wildman–Crippen LogP) is 2.17. The van der Waals surface area contributed by atoms with Crippen molar-refractivity contribution in [2.45, 2.75) is 52.5 Å². The second-order valence-corrected chi connectivity index (χ2v) is 5.41. The van der Waals surface area contributed by atoms with Gasteiger partial charge >= 0.3 is 0 Å². The Balaban J connectivity index is 2.30. The normalized spacial score (nSPS) is 28.3. The molecule has 1 rings (SSSR count). The first-order valence-corrected chi connectivity index (χ1v) is 5.93. The maximum atomic E-state index is 9.15. The van der Waals surface area contributed by atoms with Gasteiger partial charge in [-0.15, -0.1) is 0 Å². The summed E-state index contributed by atoms with van der Waals surface area (Å²) in [6.07, 6.45) is 5.36. The van der Waals surface area contributed by atoms with Gasteiger partial charge in [0.15, 0.2) is 0 Å². The summed E-state index contributed by atoms with van der Waals surface area (Å²) in [5.74, 6) is 0.865. The average Bonchev–Trinajstić information content (AvgIpc) is 2.62. The van der Waals surface area contributed by atoms with Crippen molar-refractivity contribution in [3.8, 4) is 0 Å². The summed E-state index contributed by atoms with van der Waals surface area (Å²) >= 11 is 0. The van der Waals surface area contributed by atoms with Crippen LogP contribution in [0.5, 0.6) is 0 Å². The van der Waals surface area contributed by atoms with Gasteiger partial charge in [-0.3, -0.25) is 0 Å². The second-order valence-electron chi connectivity index (χ2n) is 5.41. The molecule has 0 heterocycles. The molecule has 2 unspecified atom stereocenters. The molecule has 0 saturated heterocycles. The Morgan fingerprint density at radius 3 is 2.64 bits per heavy atom. The maximum absolute atomic E-state index is 9.15. The molecule has 14 heavy (non-hydrogen) atoms. The van der Waals surface area contributed by atoms with Gasteiger partial charge in [0.05, 0.1) is 0 Å². The van der Waals surface area contributed by atoms with E-state index in [2.05, 4.69) is 26.1 Å². The smallest absolute Gasteiger partial charge is 0.0494 e. The van der Waals surface area contributed by atoms with Crippen LogP contribution in [-0.2, 0) is 0 Å². The third-order valence-electron chi connectivity index (χ3n) is 3.45. The SMILES string of the molecule is CCC1CCCC1NCC(C)(C)CO. The molecule has 1 aliphatic rings. The number of aliphatic hydroxyl groups is 1. The molecule has 1 saturated carbocycles. The fourth-order valence-corrected chi connectivity index (χ4v) is 2.26.